The minimum absolute atomic E-state index is 0. The van der Waals surface area contributed by atoms with Crippen molar-refractivity contribution in [2.45, 2.75) is 384 Å². The number of ether oxygens (including phenoxy) is 18. The van der Waals surface area contributed by atoms with Gasteiger partial charge in [0.1, 0.15) is 35.6 Å². The second-order valence-electron chi connectivity index (χ2n) is 35.0. The lowest BCUT2D eigenvalue weighted by molar-refractivity contribution is -0.345. The van der Waals surface area contributed by atoms with Gasteiger partial charge in [-0.3, -0.25) is 19.2 Å². The Morgan fingerprint density at radius 1 is 0.477 bits per heavy atom. The van der Waals surface area contributed by atoms with Crippen LogP contribution < -0.4 is 0 Å². The van der Waals surface area contributed by atoms with E-state index in [2.05, 4.69) is 0 Å². The van der Waals surface area contributed by atoms with Gasteiger partial charge < -0.3 is 121 Å². The monoisotopic (exact) mass is 1530 g/mol. The van der Waals surface area contributed by atoms with Gasteiger partial charge in [0.2, 0.25) is 0 Å². The van der Waals surface area contributed by atoms with E-state index in [0.717, 1.165) is 0 Å². The lowest BCUT2D eigenvalue weighted by Gasteiger charge is -2.49. The molecule has 107 heavy (non-hydrogen) atoms. The zero-order valence-corrected chi connectivity index (χ0v) is 69.1. The van der Waals surface area contributed by atoms with E-state index >= 15 is 0 Å². The van der Waals surface area contributed by atoms with Crippen molar-refractivity contribution in [1.82, 2.24) is 9.80 Å². The van der Waals surface area contributed by atoms with E-state index in [1.165, 1.54) is 13.8 Å². The van der Waals surface area contributed by atoms with Crippen LogP contribution in [0.15, 0.2) is 0 Å². The molecule has 10 aliphatic heterocycles. The zero-order chi connectivity index (χ0) is 79.2. The van der Waals surface area contributed by atoms with E-state index in [4.69, 9.17) is 85.3 Å². The van der Waals surface area contributed by atoms with Gasteiger partial charge in [-0.25, -0.2) is 0 Å². The molecule has 10 aliphatic rings. The summed E-state index contributed by atoms with van der Waals surface area (Å²) in [6.07, 6.45) is -12.6. The third-order valence-corrected chi connectivity index (χ3v) is 26.4. The molecule has 0 saturated carbocycles. The maximum absolute atomic E-state index is 14.3. The van der Waals surface area contributed by atoms with Crippen molar-refractivity contribution in [2.24, 2.45) is 47.3 Å². The van der Waals surface area contributed by atoms with Crippen molar-refractivity contribution in [3.8, 4) is 0 Å². The normalized spacial score (nSPS) is 51.6. The smallest absolute Gasteiger partial charge is 0.311 e. The SMILES string of the molecule is CC[C@H]1OC(=O)[C@H](C)[C@@H](O[C@H]2C[C@@](C)(OC)[C@@H](O)[C@H](C)O2)[C@H](C)[C@@H](O[C@@H]2O[C@H](C)C[C@H](N(C)C)[C@H]2OC(C)=O)[C@@]2(C)C[C@@H](C)[C@]3(O[C@@]1(C)[C@H](O)[C@H]3C)O2.CC[C@H]1OC(=O)[C@H](C)[C@@H](O[C@H]2C[C@@](C)(OC)[C@@H](O)[C@H](C)O2)[C@H](C)[C@@H](O[C@@H]2O[C@H](C)C[C@H](N(C)C)[C@H]2OC(C)=O)[C@@]2(C)C[C@@H](C)[C@]3(O[C@@]1(C)[C@H](O)[C@H]3C)O2.O. The van der Waals surface area contributed by atoms with Crippen LogP contribution in [0.3, 0.4) is 0 Å². The Morgan fingerprint density at radius 3 is 1.09 bits per heavy atom. The molecule has 6 bridgehead atoms. The quantitative estimate of drug-likeness (QED) is 0.0973. The van der Waals surface area contributed by atoms with Crippen molar-refractivity contribution in [3.63, 3.8) is 0 Å². The Morgan fingerprint density at radius 2 is 0.804 bits per heavy atom. The van der Waals surface area contributed by atoms with Crippen LogP contribution in [-0.4, -0.2) is 282 Å². The van der Waals surface area contributed by atoms with Crippen LogP contribution in [0.5, 0.6) is 0 Å². The number of rotatable bonds is 16. The fourth-order valence-corrected chi connectivity index (χ4v) is 20.2. The lowest BCUT2D eigenvalue weighted by Crippen LogP contribution is -2.61. The number of hydrogen-bond acceptors (Lipinski definition) is 28. The summed E-state index contributed by atoms with van der Waals surface area (Å²) in [6, 6.07) is -0.430. The maximum Gasteiger partial charge on any atom is 0.311 e. The van der Waals surface area contributed by atoms with Gasteiger partial charge in [0.15, 0.2) is 48.9 Å². The molecule has 620 valence electrons. The van der Waals surface area contributed by atoms with Gasteiger partial charge in [0, 0.05) is 76.4 Å². The molecule has 10 fully saturated rings. The molecular formula is C78H136N2O27. The standard InChI is InChI=1S/2C39H67NO13.H2O/c2*1-15-27-38(11)31(42)23(6)39(53-38)19(2)17-37(10,52-39)33(51-35-30(48-25(8)41)26(40(12)13)16-20(3)46-35)21(4)29(22(5)34(44)49-27)50-28-18-36(9,45-14)32(43)24(7)47-28;/h2*19-24,26-33,35,42-43H,15-18H2,1-14H3;1H2/t2*19-,20-,21+,22-,23-,24+,26+,27-,28+,29+,30-,31-,32+,33-,35+,36-,37-,38-,39-;/m11./s1. The van der Waals surface area contributed by atoms with Crippen molar-refractivity contribution in [3.05, 3.63) is 0 Å². The number of aliphatic hydroxyl groups is 4. The molecule has 6 N–H and O–H groups in total. The first-order valence-corrected chi connectivity index (χ1v) is 39.1. The number of carbonyl (C=O) groups is 4. The van der Waals surface area contributed by atoms with Gasteiger partial charge in [-0.1, -0.05) is 55.4 Å². The average Bonchev–Trinajstić information content (AvgIpc) is 1.55. The summed E-state index contributed by atoms with van der Waals surface area (Å²) in [5.41, 5.74) is -6.68. The van der Waals surface area contributed by atoms with Crippen molar-refractivity contribution < 1.29 is 130 Å². The van der Waals surface area contributed by atoms with E-state index in [-0.39, 0.29) is 54.4 Å². The van der Waals surface area contributed by atoms with E-state index in [9.17, 15) is 39.6 Å². The highest BCUT2D eigenvalue weighted by atomic mass is 16.8. The molecule has 10 heterocycles. The van der Waals surface area contributed by atoms with Crippen molar-refractivity contribution >= 4 is 23.9 Å². The van der Waals surface area contributed by atoms with Crippen LogP contribution in [-0.2, 0) is 104 Å². The van der Waals surface area contributed by atoms with Crippen molar-refractivity contribution in [1.29, 1.82) is 0 Å². The van der Waals surface area contributed by atoms with Gasteiger partial charge in [-0.2, -0.15) is 0 Å². The lowest BCUT2D eigenvalue weighted by atomic mass is 9.77. The number of fused-ring (bicyclic) bond motifs is 4. The van der Waals surface area contributed by atoms with Gasteiger partial charge in [-0.05, 0) is 150 Å². The Bertz CT molecular complexity index is 2840. The number of methoxy groups -OCH3 is 2. The summed E-state index contributed by atoms with van der Waals surface area (Å²) in [6.45, 7) is 40.4. The van der Waals surface area contributed by atoms with Gasteiger partial charge in [-0.15, -0.1) is 0 Å². The molecule has 10 rings (SSSR count). The average molecular weight is 1530 g/mol. The minimum Gasteiger partial charge on any atom is -0.459 e. The minimum atomic E-state index is -1.28. The third-order valence-electron chi connectivity index (χ3n) is 26.4. The first kappa shape index (κ1) is 89.6. The molecule has 0 aliphatic carbocycles. The van der Waals surface area contributed by atoms with Gasteiger partial charge >= 0.3 is 23.9 Å². The number of nitrogens with zero attached hydrogens (tertiary/aromatic N) is 2. The Balaban J connectivity index is 0.000000267. The van der Waals surface area contributed by atoms with Crippen molar-refractivity contribution in [2.75, 3.05) is 42.4 Å². The number of aliphatic hydroxyl groups excluding tert-OH is 4. The van der Waals surface area contributed by atoms with E-state index in [1.807, 2.05) is 135 Å². The molecular weight excluding hydrogens is 1400 g/mol. The zero-order valence-electron chi connectivity index (χ0n) is 69.1. The molecule has 0 aromatic carbocycles. The summed E-state index contributed by atoms with van der Waals surface area (Å²) < 4.78 is 118. The van der Waals surface area contributed by atoms with E-state index in [0.29, 0.717) is 38.5 Å². The van der Waals surface area contributed by atoms with Crippen LogP contribution >= 0.6 is 0 Å². The summed E-state index contributed by atoms with van der Waals surface area (Å²) >= 11 is 0. The summed E-state index contributed by atoms with van der Waals surface area (Å²) in [4.78, 5) is 57.8. The Hall–Kier alpha value is -2.96. The molecule has 0 aromatic rings. The second-order valence-corrected chi connectivity index (χ2v) is 35.0. The van der Waals surface area contributed by atoms with Crippen LogP contribution in [0.2, 0.25) is 0 Å². The predicted molar refractivity (Wildman–Crippen MR) is 386 cm³/mol. The van der Waals surface area contributed by atoms with E-state index < -0.39 is 215 Å². The highest BCUT2D eigenvalue weighted by Gasteiger charge is 2.73. The number of cyclic esters (lactones) is 2. The van der Waals surface area contributed by atoms with Gasteiger partial charge in [0.25, 0.3) is 0 Å². The first-order valence-electron chi connectivity index (χ1n) is 39.1. The highest BCUT2D eigenvalue weighted by molar-refractivity contribution is 5.74. The predicted octanol–water partition coefficient (Wildman–Crippen LogP) is 6.29. The van der Waals surface area contributed by atoms with Gasteiger partial charge in [0.05, 0.1) is 107 Å². The topological polar surface area (TPSA) is 353 Å². The number of likely N-dealkylation sites (N-methyl/N-ethyl adjacent to an activating group) is 2. The van der Waals surface area contributed by atoms with Crippen LogP contribution in [0.1, 0.15) is 204 Å². The number of hydrogen-bond donors (Lipinski definition) is 4. The molecule has 10 saturated heterocycles. The largest absolute Gasteiger partial charge is 0.459 e. The molecule has 0 radical (unpaired) electrons. The molecule has 29 heteroatoms. The first-order chi connectivity index (χ1) is 49.1. The molecule has 0 amide bonds. The van der Waals surface area contributed by atoms with Crippen LogP contribution in [0.4, 0.5) is 0 Å². The summed E-state index contributed by atoms with van der Waals surface area (Å²) in [5, 5.41) is 45.7. The molecule has 0 aromatic heterocycles. The second kappa shape index (κ2) is 33.5. The fraction of sp³-hybridized carbons (Fsp3) is 0.949. The Kier molecular flexibility index (Phi) is 28.0. The molecule has 29 nitrogen and oxygen atoms in total. The van der Waals surface area contributed by atoms with E-state index in [1.54, 1.807) is 55.8 Å². The maximum atomic E-state index is 14.3. The number of esters is 4. The molecule has 0 unspecified atom stereocenters. The molecule has 38 atom stereocenters. The Labute approximate surface area is 635 Å². The fourth-order valence-electron chi connectivity index (χ4n) is 20.2. The summed E-state index contributed by atoms with van der Waals surface area (Å²) in [5.74, 6) is -8.87. The van der Waals surface area contributed by atoms with Crippen LogP contribution in [0, 0.1) is 47.3 Å². The highest BCUT2D eigenvalue weighted by Crippen LogP contribution is 2.62. The molecule has 2 spiro atoms. The number of carbonyl (C=O) groups excluding carboxylic acids is 4. The summed E-state index contributed by atoms with van der Waals surface area (Å²) in [7, 11) is 10.8. The third kappa shape index (κ3) is 16.7. The van der Waals surface area contributed by atoms with Crippen LogP contribution in [0.25, 0.3) is 0 Å².